The Balaban J connectivity index is 1.99. The smallest absolute Gasteiger partial charge is 0.226 e. The molecule has 2 N–H and O–H groups in total. The van der Waals surface area contributed by atoms with Crippen molar-refractivity contribution in [1.29, 1.82) is 0 Å². The van der Waals surface area contributed by atoms with Crippen molar-refractivity contribution in [3.63, 3.8) is 0 Å². The van der Waals surface area contributed by atoms with Gasteiger partial charge in [0.25, 0.3) is 0 Å². The molecule has 0 saturated carbocycles. The van der Waals surface area contributed by atoms with Gasteiger partial charge in [0.15, 0.2) is 5.82 Å². The van der Waals surface area contributed by atoms with Gasteiger partial charge in [0, 0.05) is 12.8 Å². The Kier molecular flexibility index (Phi) is 5.44. The fraction of sp³-hybridized carbons (Fsp3) is 0.500. The second-order valence-electron chi connectivity index (χ2n) is 5.81. The van der Waals surface area contributed by atoms with Crippen LogP contribution in [0.25, 0.3) is 0 Å². The number of rotatable bonds is 7. The second-order valence-corrected chi connectivity index (χ2v) is 5.81. The Hall–Kier alpha value is -1.75. The highest BCUT2D eigenvalue weighted by atomic mass is 19.1. The molecular formula is C16H22FN3O. The minimum absolute atomic E-state index is 0.247. The van der Waals surface area contributed by atoms with Gasteiger partial charge in [0.05, 0.1) is 0 Å². The third-order valence-electron chi connectivity index (χ3n) is 3.42. The van der Waals surface area contributed by atoms with Crippen LogP contribution in [0.3, 0.4) is 0 Å². The average Bonchev–Trinajstić information content (AvgIpc) is 2.87. The van der Waals surface area contributed by atoms with Crippen LogP contribution in [0.5, 0.6) is 0 Å². The van der Waals surface area contributed by atoms with E-state index in [0.29, 0.717) is 48.5 Å². The van der Waals surface area contributed by atoms with Gasteiger partial charge in [-0.05, 0) is 36.4 Å². The summed E-state index contributed by atoms with van der Waals surface area (Å²) in [5.41, 5.74) is 6.35. The van der Waals surface area contributed by atoms with Gasteiger partial charge in [0.1, 0.15) is 5.82 Å². The van der Waals surface area contributed by atoms with Crippen LogP contribution in [0.4, 0.5) is 4.39 Å². The van der Waals surface area contributed by atoms with Gasteiger partial charge in [-0.3, -0.25) is 0 Å². The average molecular weight is 291 g/mol. The Bertz CT molecular complexity index is 568. The molecular weight excluding hydrogens is 269 g/mol. The molecule has 2 aromatic rings. The molecule has 0 spiro atoms. The molecule has 0 fully saturated rings. The van der Waals surface area contributed by atoms with Crippen molar-refractivity contribution in [1.82, 2.24) is 10.1 Å². The van der Waals surface area contributed by atoms with Gasteiger partial charge in [-0.25, -0.2) is 4.39 Å². The predicted molar refractivity (Wildman–Crippen MR) is 79.2 cm³/mol. The van der Waals surface area contributed by atoms with E-state index in [1.807, 2.05) is 0 Å². The maximum Gasteiger partial charge on any atom is 0.226 e. The molecule has 0 aliphatic rings. The number of hydrogen-bond donors (Lipinski definition) is 1. The maximum absolute atomic E-state index is 13.6. The molecule has 1 aromatic carbocycles. The van der Waals surface area contributed by atoms with Gasteiger partial charge in [-0.15, -0.1) is 0 Å². The molecule has 0 bridgehead atoms. The number of halogens is 1. The van der Waals surface area contributed by atoms with Crippen molar-refractivity contribution >= 4 is 0 Å². The Labute approximate surface area is 124 Å². The summed E-state index contributed by atoms with van der Waals surface area (Å²) in [5.74, 6) is 1.77. The highest BCUT2D eigenvalue weighted by molar-refractivity contribution is 5.20. The minimum atomic E-state index is -0.247. The lowest BCUT2D eigenvalue weighted by molar-refractivity contribution is 0.329. The van der Waals surface area contributed by atoms with Gasteiger partial charge in [0.2, 0.25) is 5.89 Å². The number of aromatic nitrogens is 2. The van der Waals surface area contributed by atoms with Crippen LogP contribution in [0.1, 0.15) is 37.5 Å². The molecule has 0 aliphatic carbocycles. The first kappa shape index (κ1) is 15.6. The Morgan fingerprint density at radius 1 is 1.29 bits per heavy atom. The highest BCUT2D eigenvalue weighted by Crippen LogP contribution is 2.16. The maximum atomic E-state index is 13.6. The SMILES string of the molecule is CC(C)CC(CN)Cc1nc(Cc2ccccc2F)no1. The predicted octanol–water partition coefficient (Wildman–Crippen LogP) is 2.96. The summed E-state index contributed by atoms with van der Waals surface area (Å²) in [6.07, 6.45) is 2.05. The number of hydrogen-bond acceptors (Lipinski definition) is 4. The number of nitrogens with zero attached hydrogens (tertiary/aromatic N) is 2. The van der Waals surface area contributed by atoms with Gasteiger partial charge in [-0.2, -0.15) is 4.98 Å². The second kappa shape index (κ2) is 7.31. The zero-order chi connectivity index (χ0) is 15.2. The molecule has 5 heteroatoms. The topological polar surface area (TPSA) is 64.9 Å². The molecule has 0 saturated heterocycles. The van der Waals surface area contributed by atoms with Crippen LogP contribution in [0.2, 0.25) is 0 Å². The summed E-state index contributed by atoms with van der Waals surface area (Å²) in [4.78, 5) is 4.34. The zero-order valence-electron chi connectivity index (χ0n) is 12.6. The van der Waals surface area contributed by atoms with Crippen molar-refractivity contribution < 1.29 is 8.91 Å². The quantitative estimate of drug-likeness (QED) is 0.851. The molecule has 1 unspecified atom stereocenters. The zero-order valence-corrected chi connectivity index (χ0v) is 12.6. The summed E-state index contributed by atoms with van der Waals surface area (Å²) >= 11 is 0. The van der Waals surface area contributed by atoms with E-state index in [1.165, 1.54) is 6.07 Å². The van der Waals surface area contributed by atoms with E-state index in [2.05, 4.69) is 24.0 Å². The van der Waals surface area contributed by atoms with Gasteiger partial charge >= 0.3 is 0 Å². The summed E-state index contributed by atoms with van der Waals surface area (Å²) in [7, 11) is 0. The fourth-order valence-electron chi connectivity index (χ4n) is 2.43. The largest absolute Gasteiger partial charge is 0.339 e. The molecule has 0 aliphatic heterocycles. The number of benzene rings is 1. The fourth-order valence-corrected chi connectivity index (χ4v) is 2.43. The monoisotopic (exact) mass is 291 g/mol. The molecule has 1 aromatic heterocycles. The molecule has 114 valence electrons. The minimum Gasteiger partial charge on any atom is -0.339 e. The Morgan fingerprint density at radius 3 is 2.71 bits per heavy atom. The molecule has 2 rings (SSSR count). The standard InChI is InChI=1S/C16H22FN3O/c1-11(2)7-12(10-18)8-16-19-15(20-21-16)9-13-5-3-4-6-14(13)17/h3-6,11-12H,7-10,18H2,1-2H3. The first-order valence-electron chi connectivity index (χ1n) is 7.33. The van der Waals surface area contributed by atoms with Crippen LogP contribution < -0.4 is 5.73 Å². The summed E-state index contributed by atoms with van der Waals surface area (Å²) < 4.78 is 18.8. The van der Waals surface area contributed by atoms with E-state index in [-0.39, 0.29) is 5.82 Å². The first-order valence-corrected chi connectivity index (χ1v) is 7.33. The third kappa shape index (κ3) is 4.63. The van der Waals surface area contributed by atoms with Crippen molar-refractivity contribution in [3.05, 3.63) is 47.4 Å². The molecule has 21 heavy (non-hydrogen) atoms. The summed E-state index contributed by atoms with van der Waals surface area (Å²) in [6.45, 7) is 4.93. The van der Waals surface area contributed by atoms with E-state index in [1.54, 1.807) is 18.2 Å². The third-order valence-corrected chi connectivity index (χ3v) is 3.42. The van der Waals surface area contributed by atoms with Crippen LogP contribution in [-0.4, -0.2) is 16.7 Å². The normalized spacial score (nSPS) is 12.8. The summed E-state index contributed by atoms with van der Waals surface area (Å²) in [6, 6.07) is 6.63. The van der Waals surface area contributed by atoms with Crippen LogP contribution in [-0.2, 0) is 12.8 Å². The van der Waals surface area contributed by atoms with E-state index >= 15 is 0 Å². The Morgan fingerprint density at radius 2 is 2.05 bits per heavy atom. The van der Waals surface area contributed by atoms with E-state index in [0.717, 1.165) is 6.42 Å². The van der Waals surface area contributed by atoms with Crippen LogP contribution in [0, 0.1) is 17.7 Å². The lowest BCUT2D eigenvalue weighted by Crippen LogP contribution is -2.19. The first-order chi connectivity index (χ1) is 10.1. The molecule has 1 atom stereocenters. The van der Waals surface area contributed by atoms with Crippen molar-refractivity contribution in [2.45, 2.75) is 33.1 Å². The van der Waals surface area contributed by atoms with E-state index in [4.69, 9.17) is 10.3 Å². The molecule has 4 nitrogen and oxygen atoms in total. The van der Waals surface area contributed by atoms with Crippen molar-refractivity contribution in [2.24, 2.45) is 17.6 Å². The van der Waals surface area contributed by atoms with Crippen LogP contribution in [0.15, 0.2) is 28.8 Å². The van der Waals surface area contributed by atoms with Crippen molar-refractivity contribution in [2.75, 3.05) is 6.54 Å². The van der Waals surface area contributed by atoms with Gasteiger partial charge in [-0.1, -0.05) is 37.2 Å². The van der Waals surface area contributed by atoms with E-state index in [9.17, 15) is 4.39 Å². The summed E-state index contributed by atoms with van der Waals surface area (Å²) in [5, 5.41) is 3.93. The molecule has 0 radical (unpaired) electrons. The van der Waals surface area contributed by atoms with Crippen LogP contribution >= 0.6 is 0 Å². The number of nitrogens with two attached hydrogens (primary N) is 1. The lowest BCUT2D eigenvalue weighted by atomic mass is 9.94. The van der Waals surface area contributed by atoms with Gasteiger partial charge < -0.3 is 10.3 Å². The lowest BCUT2D eigenvalue weighted by Gasteiger charge is -2.14. The highest BCUT2D eigenvalue weighted by Gasteiger charge is 2.15. The molecule has 0 amide bonds. The van der Waals surface area contributed by atoms with E-state index < -0.39 is 0 Å². The molecule has 1 heterocycles. The van der Waals surface area contributed by atoms with Crippen molar-refractivity contribution in [3.8, 4) is 0 Å².